The molecule has 0 spiro atoms. The Morgan fingerprint density at radius 3 is 2.29 bits per heavy atom. The van der Waals surface area contributed by atoms with Gasteiger partial charge in [0.2, 0.25) is 0 Å². The predicted octanol–water partition coefficient (Wildman–Crippen LogP) is 5.36. The summed E-state index contributed by atoms with van der Waals surface area (Å²) in [5, 5.41) is 3.64. The van der Waals surface area contributed by atoms with Crippen LogP contribution < -0.4 is 5.32 Å². The molecule has 1 N–H and O–H groups in total. The van der Waals surface area contributed by atoms with Crippen molar-refractivity contribution in [2.45, 2.75) is 53.0 Å². The maximum Gasteiger partial charge on any atom is 0.0671 e. The van der Waals surface area contributed by atoms with E-state index in [1.165, 1.54) is 26.4 Å². The third kappa shape index (κ3) is 3.75. The molecule has 0 amide bonds. The van der Waals surface area contributed by atoms with Gasteiger partial charge in [0.05, 0.1) is 6.04 Å². The fourth-order valence-corrected chi connectivity index (χ4v) is 3.61. The standard InChI is InChI=1S/C19H27NS/c1-7-20-18(15-9-8-13(2)14(3)12-15)16-10-11-17(21-16)19(4,5)6/h8-12,18,20H,7H2,1-6H3. The summed E-state index contributed by atoms with van der Waals surface area (Å²) in [4.78, 5) is 2.86. The van der Waals surface area contributed by atoms with E-state index in [-0.39, 0.29) is 5.41 Å². The lowest BCUT2D eigenvalue weighted by Gasteiger charge is -2.19. The largest absolute Gasteiger partial charge is 0.306 e. The third-order valence-electron chi connectivity index (χ3n) is 3.92. The summed E-state index contributed by atoms with van der Waals surface area (Å²) in [6.45, 7) is 14.3. The van der Waals surface area contributed by atoms with Crippen molar-refractivity contribution in [3.8, 4) is 0 Å². The van der Waals surface area contributed by atoms with E-state index in [0.29, 0.717) is 6.04 Å². The number of aryl methyl sites for hydroxylation is 2. The second-order valence-corrected chi connectivity index (χ2v) is 7.90. The van der Waals surface area contributed by atoms with Gasteiger partial charge in [0, 0.05) is 9.75 Å². The monoisotopic (exact) mass is 301 g/mol. The first-order valence-corrected chi connectivity index (χ1v) is 8.55. The van der Waals surface area contributed by atoms with Crippen molar-refractivity contribution in [2.75, 3.05) is 6.54 Å². The number of hydrogen-bond acceptors (Lipinski definition) is 2. The molecule has 114 valence electrons. The maximum atomic E-state index is 3.64. The summed E-state index contributed by atoms with van der Waals surface area (Å²) in [5.74, 6) is 0. The van der Waals surface area contributed by atoms with Gasteiger partial charge in [0.15, 0.2) is 0 Å². The number of nitrogens with one attached hydrogen (secondary N) is 1. The molecule has 21 heavy (non-hydrogen) atoms. The molecule has 0 radical (unpaired) electrons. The Bertz CT molecular complexity index is 604. The molecule has 1 heterocycles. The Balaban J connectivity index is 2.38. The van der Waals surface area contributed by atoms with Crippen LogP contribution in [0, 0.1) is 13.8 Å². The average molecular weight is 301 g/mol. The molecule has 2 rings (SSSR count). The Kier molecular flexibility index (Phi) is 4.90. The molecule has 0 bridgehead atoms. The smallest absolute Gasteiger partial charge is 0.0671 e. The van der Waals surface area contributed by atoms with Crippen LogP contribution in [0.3, 0.4) is 0 Å². The molecular weight excluding hydrogens is 274 g/mol. The molecule has 0 saturated heterocycles. The fraction of sp³-hybridized carbons (Fsp3) is 0.474. The molecule has 2 aromatic rings. The van der Waals surface area contributed by atoms with Gasteiger partial charge in [0.25, 0.3) is 0 Å². The van der Waals surface area contributed by atoms with Gasteiger partial charge in [-0.05, 0) is 54.6 Å². The molecule has 0 aliphatic rings. The molecular formula is C19H27NS. The van der Waals surface area contributed by atoms with Crippen LogP contribution in [-0.2, 0) is 5.41 Å². The van der Waals surface area contributed by atoms with Crippen molar-refractivity contribution < 1.29 is 0 Å². The van der Waals surface area contributed by atoms with Crippen LogP contribution in [0.2, 0.25) is 0 Å². The summed E-state index contributed by atoms with van der Waals surface area (Å²) in [5.41, 5.74) is 4.31. The lowest BCUT2D eigenvalue weighted by Crippen LogP contribution is -2.21. The molecule has 2 heteroatoms. The SMILES string of the molecule is CCNC(c1ccc(C)c(C)c1)c1ccc(C(C)(C)C)s1. The summed E-state index contributed by atoms with van der Waals surface area (Å²) in [7, 11) is 0. The summed E-state index contributed by atoms with van der Waals surface area (Å²) in [6, 6.07) is 11.7. The number of rotatable bonds is 4. The Morgan fingerprint density at radius 1 is 1.05 bits per heavy atom. The molecule has 1 unspecified atom stereocenters. The van der Waals surface area contributed by atoms with Gasteiger partial charge in [-0.25, -0.2) is 0 Å². The molecule has 1 atom stereocenters. The molecule has 0 aliphatic heterocycles. The molecule has 0 aliphatic carbocycles. The number of hydrogen-bond donors (Lipinski definition) is 1. The summed E-state index contributed by atoms with van der Waals surface area (Å²) in [6.07, 6.45) is 0. The van der Waals surface area contributed by atoms with Gasteiger partial charge in [-0.1, -0.05) is 45.9 Å². The van der Waals surface area contributed by atoms with E-state index in [1.54, 1.807) is 0 Å². The number of thiophene rings is 1. The molecule has 1 aromatic carbocycles. The van der Waals surface area contributed by atoms with Crippen molar-refractivity contribution in [2.24, 2.45) is 0 Å². The first-order chi connectivity index (χ1) is 9.82. The van der Waals surface area contributed by atoms with Gasteiger partial charge in [-0.15, -0.1) is 11.3 Å². The summed E-state index contributed by atoms with van der Waals surface area (Å²) >= 11 is 1.93. The average Bonchev–Trinajstić information content (AvgIpc) is 2.89. The van der Waals surface area contributed by atoms with Crippen LogP contribution in [-0.4, -0.2) is 6.54 Å². The second-order valence-electron chi connectivity index (χ2n) is 6.79. The van der Waals surface area contributed by atoms with Gasteiger partial charge < -0.3 is 5.32 Å². The zero-order chi connectivity index (χ0) is 15.6. The van der Waals surface area contributed by atoms with E-state index < -0.39 is 0 Å². The second kappa shape index (κ2) is 6.33. The minimum absolute atomic E-state index is 0.225. The minimum atomic E-state index is 0.225. The topological polar surface area (TPSA) is 12.0 Å². The van der Waals surface area contributed by atoms with Gasteiger partial charge in [-0.3, -0.25) is 0 Å². The fourth-order valence-electron chi connectivity index (χ4n) is 2.44. The van der Waals surface area contributed by atoms with E-state index in [1.807, 2.05) is 11.3 Å². The van der Waals surface area contributed by atoms with Crippen LogP contribution in [0.25, 0.3) is 0 Å². The first-order valence-electron chi connectivity index (χ1n) is 7.73. The Morgan fingerprint density at radius 2 is 1.76 bits per heavy atom. The number of benzene rings is 1. The third-order valence-corrected chi connectivity index (χ3v) is 5.50. The lowest BCUT2D eigenvalue weighted by molar-refractivity contribution is 0.604. The highest BCUT2D eigenvalue weighted by atomic mass is 32.1. The van der Waals surface area contributed by atoms with Gasteiger partial charge in [-0.2, -0.15) is 0 Å². The van der Waals surface area contributed by atoms with Crippen LogP contribution in [0.5, 0.6) is 0 Å². The molecule has 0 fully saturated rings. The highest BCUT2D eigenvalue weighted by Gasteiger charge is 2.20. The highest BCUT2D eigenvalue weighted by Crippen LogP contribution is 2.35. The molecule has 1 aromatic heterocycles. The van der Waals surface area contributed by atoms with Crippen molar-refractivity contribution in [3.63, 3.8) is 0 Å². The predicted molar refractivity (Wildman–Crippen MR) is 94.5 cm³/mol. The lowest BCUT2D eigenvalue weighted by atomic mass is 9.95. The van der Waals surface area contributed by atoms with E-state index in [4.69, 9.17) is 0 Å². The highest BCUT2D eigenvalue weighted by molar-refractivity contribution is 7.12. The van der Waals surface area contributed by atoms with E-state index in [2.05, 4.69) is 77.2 Å². The van der Waals surface area contributed by atoms with Crippen LogP contribution in [0.15, 0.2) is 30.3 Å². The molecule has 1 nitrogen and oxygen atoms in total. The van der Waals surface area contributed by atoms with Crippen molar-refractivity contribution in [1.29, 1.82) is 0 Å². The van der Waals surface area contributed by atoms with E-state index >= 15 is 0 Å². The molecule has 0 saturated carbocycles. The van der Waals surface area contributed by atoms with Crippen molar-refractivity contribution in [3.05, 3.63) is 56.8 Å². The van der Waals surface area contributed by atoms with E-state index in [9.17, 15) is 0 Å². The van der Waals surface area contributed by atoms with Crippen LogP contribution in [0.1, 0.15) is 60.2 Å². The zero-order valence-electron chi connectivity index (χ0n) is 14.1. The normalized spacial score (nSPS) is 13.4. The van der Waals surface area contributed by atoms with Crippen molar-refractivity contribution >= 4 is 11.3 Å². The Labute approximate surface area is 133 Å². The van der Waals surface area contributed by atoms with E-state index in [0.717, 1.165) is 6.54 Å². The van der Waals surface area contributed by atoms with Crippen molar-refractivity contribution in [1.82, 2.24) is 5.32 Å². The van der Waals surface area contributed by atoms with Crippen LogP contribution in [0.4, 0.5) is 0 Å². The van der Waals surface area contributed by atoms with Gasteiger partial charge in [0.1, 0.15) is 0 Å². The first kappa shape index (κ1) is 16.3. The van der Waals surface area contributed by atoms with Crippen LogP contribution >= 0.6 is 11.3 Å². The van der Waals surface area contributed by atoms with Gasteiger partial charge >= 0.3 is 0 Å². The minimum Gasteiger partial charge on any atom is -0.306 e. The quantitative estimate of drug-likeness (QED) is 0.801. The maximum absolute atomic E-state index is 3.64. The zero-order valence-corrected chi connectivity index (χ0v) is 14.9. The Hall–Kier alpha value is -1.12. The summed E-state index contributed by atoms with van der Waals surface area (Å²) < 4.78 is 0.